The molecule has 0 unspecified atom stereocenters. The van der Waals surface area contributed by atoms with Crippen molar-refractivity contribution in [3.05, 3.63) is 87.0 Å². The van der Waals surface area contributed by atoms with Crippen LogP contribution in [0, 0.1) is 6.92 Å². The third-order valence-corrected chi connectivity index (χ3v) is 5.87. The van der Waals surface area contributed by atoms with Gasteiger partial charge in [0, 0.05) is 15.8 Å². The molecule has 2 N–H and O–H groups in total. The largest absolute Gasteiger partial charge is 0.321 e. The number of carbonyl (C=O) groups is 2. The van der Waals surface area contributed by atoms with Crippen molar-refractivity contribution in [2.45, 2.75) is 6.92 Å². The quantitative estimate of drug-likeness (QED) is 0.423. The van der Waals surface area contributed by atoms with E-state index in [2.05, 4.69) is 36.6 Å². The molecule has 0 radical (unpaired) electrons. The topological polar surface area (TPSA) is 88.9 Å². The summed E-state index contributed by atoms with van der Waals surface area (Å²) >= 11 is 4.55. The SMILES string of the molecule is Cc1cc(Br)ccc1NC(=O)c1ccc(C(=O)Nc2ccc(-n3cncn3)cc2)s1. The van der Waals surface area contributed by atoms with Crippen molar-refractivity contribution in [1.29, 1.82) is 0 Å². The Kier molecular flexibility index (Phi) is 5.73. The number of amides is 2. The molecule has 0 aliphatic heterocycles. The second-order valence-electron chi connectivity index (χ2n) is 6.42. The van der Waals surface area contributed by atoms with Gasteiger partial charge in [-0.2, -0.15) is 5.10 Å². The van der Waals surface area contributed by atoms with Crippen molar-refractivity contribution in [1.82, 2.24) is 14.8 Å². The lowest BCUT2D eigenvalue weighted by Gasteiger charge is -2.07. The number of thiophene rings is 1. The van der Waals surface area contributed by atoms with E-state index in [-0.39, 0.29) is 11.8 Å². The molecule has 0 fully saturated rings. The van der Waals surface area contributed by atoms with Gasteiger partial charge < -0.3 is 10.6 Å². The highest BCUT2D eigenvalue weighted by molar-refractivity contribution is 9.10. The minimum absolute atomic E-state index is 0.248. The Morgan fingerprint density at radius 1 is 0.967 bits per heavy atom. The van der Waals surface area contributed by atoms with Crippen molar-refractivity contribution in [2.24, 2.45) is 0 Å². The summed E-state index contributed by atoms with van der Waals surface area (Å²) in [5.74, 6) is -0.519. The van der Waals surface area contributed by atoms with E-state index in [1.165, 1.54) is 6.33 Å². The number of aromatic nitrogens is 3. The Bertz CT molecular complexity index is 1200. The smallest absolute Gasteiger partial charge is 0.265 e. The average molecular weight is 482 g/mol. The minimum Gasteiger partial charge on any atom is -0.321 e. The van der Waals surface area contributed by atoms with Gasteiger partial charge >= 0.3 is 0 Å². The number of hydrogen-bond donors (Lipinski definition) is 2. The van der Waals surface area contributed by atoms with Crippen LogP contribution < -0.4 is 10.6 Å². The lowest BCUT2D eigenvalue weighted by atomic mass is 10.2. The van der Waals surface area contributed by atoms with Gasteiger partial charge in [0.2, 0.25) is 0 Å². The first kappa shape index (κ1) is 20.0. The van der Waals surface area contributed by atoms with Crippen LogP contribution in [0.4, 0.5) is 11.4 Å². The Hall–Kier alpha value is -3.30. The van der Waals surface area contributed by atoms with Crippen LogP contribution in [0.1, 0.15) is 24.9 Å². The predicted octanol–water partition coefficient (Wildman–Crippen LogP) is 4.90. The molecule has 0 spiro atoms. The van der Waals surface area contributed by atoms with Crippen LogP contribution in [0.25, 0.3) is 5.69 Å². The van der Waals surface area contributed by atoms with Crippen molar-refractivity contribution in [3.63, 3.8) is 0 Å². The fourth-order valence-corrected chi connectivity index (χ4v) is 4.04. The third kappa shape index (κ3) is 4.47. The number of halogens is 1. The molecular weight excluding hydrogens is 466 g/mol. The average Bonchev–Trinajstić information content (AvgIpc) is 3.43. The Balaban J connectivity index is 1.41. The number of aryl methyl sites for hydroxylation is 1. The second kappa shape index (κ2) is 8.60. The van der Waals surface area contributed by atoms with Crippen LogP contribution in [-0.4, -0.2) is 26.6 Å². The van der Waals surface area contributed by atoms with Gasteiger partial charge in [0.25, 0.3) is 11.8 Å². The van der Waals surface area contributed by atoms with Gasteiger partial charge in [-0.15, -0.1) is 11.3 Å². The van der Waals surface area contributed by atoms with Crippen molar-refractivity contribution < 1.29 is 9.59 Å². The van der Waals surface area contributed by atoms with Crippen LogP contribution in [-0.2, 0) is 0 Å². The molecule has 7 nitrogen and oxygen atoms in total. The van der Waals surface area contributed by atoms with Gasteiger partial charge in [-0.3, -0.25) is 9.59 Å². The van der Waals surface area contributed by atoms with Gasteiger partial charge in [0.15, 0.2) is 0 Å². The van der Waals surface area contributed by atoms with E-state index in [1.807, 2.05) is 37.3 Å². The summed E-state index contributed by atoms with van der Waals surface area (Å²) in [5, 5.41) is 9.78. The first-order chi connectivity index (χ1) is 14.5. The molecule has 0 saturated heterocycles. The van der Waals surface area contributed by atoms with Crippen LogP contribution in [0.15, 0.2) is 71.7 Å². The maximum atomic E-state index is 12.5. The zero-order valence-corrected chi connectivity index (χ0v) is 18.2. The van der Waals surface area contributed by atoms with E-state index in [9.17, 15) is 9.59 Å². The number of nitrogens with one attached hydrogen (secondary N) is 2. The summed E-state index contributed by atoms with van der Waals surface area (Å²) in [6.07, 6.45) is 3.06. The van der Waals surface area contributed by atoms with E-state index < -0.39 is 0 Å². The zero-order valence-electron chi connectivity index (χ0n) is 15.8. The van der Waals surface area contributed by atoms with Gasteiger partial charge in [-0.1, -0.05) is 15.9 Å². The zero-order chi connectivity index (χ0) is 21.1. The van der Waals surface area contributed by atoms with Gasteiger partial charge in [-0.05, 0) is 67.1 Å². The first-order valence-corrected chi connectivity index (χ1v) is 10.5. The van der Waals surface area contributed by atoms with Gasteiger partial charge in [0.1, 0.15) is 12.7 Å². The summed E-state index contributed by atoms with van der Waals surface area (Å²) in [7, 11) is 0. The summed E-state index contributed by atoms with van der Waals surface area (Å²) in [6.45, 7) is 1.92. The highest BCUT2D eigenvalue weighted by Crippen LogP contribution is 2.23. The molecule has 2 amide bonds. The lowest BCUT2D eigenvalue weighted by molar-refractivity contribution is 0.102. The van der Waals surface area contributed by atoms with E-state index >= 15 is 0 Å². The predicted molar refractivity (Wildman–Crippen MR) is 120 cm³/mol. The Morgan fingerprint density at radius 3 is 2.30 bits per heavy atom. The van der Waals surface area contributed by atoms with E-state index in [0.717, 1.165) is 32.7 Å². The van der Waals surface area contributed by atoms with E-state index in [0.29, 0.717) is 15.4 Å². The van der Waals surface area contributed by atoms with E-state index in [4.69, 9.17) is 0 Å². The van der Waals surface area contributed by atoms with Crippen molar-refractivity contribution in [3.8, 4) is 5.69 Å². The molecule has 2 aromatic heterocycles. The fraction of sp³-hybridized carbons (Fsp3) is 0.0476. The van der Waals surface area contributed by atoms with Crippen LogP contribution in [0.5, 0.6) is 0 Å². The monoisotopic (exact) mass is 481 g/mol. The number of carbonyl (C=O) groups excluding carboxylic acids is 2. The molecule has 150 valence electrons. The molecule has 4 aromatic rings. The molecule has 9 heteroatoms. The Labute approximate surface area is 184 Å². The standard InChI is InChI=1S/C21H16BrN5O2S/c1-13-10-14(22)2-7-17(13)26-21(29)19-9-8-18(30-19)20(28)25-15-3-5-16(6-4-15)27-12-23-11-24-27/h2-12H,1H3,(H,25,28)(H,26,29). The molecule has 0 bridgehead atoms. The fourth-order valence-electron chi connectivity index (χ4n) is 2.76. The number of benzene rings is 2. The normalized spacial score (nSPS) is 10.6. The highest BCUT2D eigenvalue weighted by atomic mass is 79.9. The molecule has 2 aromatic carbocycles. The lowest BCUT2D eigenvalue weighted by Crippen LogP contribution is -2.11. The second-order valence-corrected chi connectivity index (χ2v) is 8.42. The molecule has 0 saturated carbocycles. The maximum Gasteiger partial charge on any atom is 0.265 e. The number of rotatable bonds is 5. The van der Waals surface area contributed by atoms with Crippen molar-refractivity contribution in [2.75, 3.05) is 10.6 Å². The molecule has 30 heavy (non-hydrogen) atoms. The maximum absolute atomic E-state index is 12.5. The summed E-state index contributed by atoms with van der Waals surface area (Å²) in [6, 6.07) is 16.2. The van der Waals surface area contributed by atoms with Crippen LogP contribution in [0.3, 0.4) is 0 Å². The molecule has 2 heterocycles. The van der Waals surface area contributed by atoms with Gasteiger partial charge in [-0.25, -0.2) is 9.67 Å². The van der Waals surface area contributed by atoms with Gasteiger partial charge in [0.05, 0.1) is 15.4 Å². The van der Waals surface area contributed by atoms with E-state index in [1.54, 1.807) is 35.3 Å². The first-order valence-electron chi connectivity index (χ1n) is 8.93. The molecule has 0 atom stereocenters. The van der Waals surface area contributed by atoms with Crippen LogP contribution >= 0.6 is 27.3 Å². The number of hydrogen-bond acceptors (Lipinski definition) is 5. The summed E-state index contributed by atoms with van der Waals surface area (Å²) < 4.78 is 2.57. The number of anilines is 2. The summed E-state index contributed by atoms with van der Waals surface area (Å²) in [4.78, 5) is 29.9. The third-order valence-electron chi connectivity index (χ3n) is 4.30. The molecular formula is C21H16BrN5O2S. The molecule has 0 aliphatic rings. The summed E-state index contributed by atoms with van der Waals surface area (Å²) in [5.41, 5.74) is 3.16. The minimum atomic E-state index is -0.271. The van der Waals surface area contributed by atoms with Crippen molar-refractivity contribution >= 4 is 50.5 Å². The number of nitrogens with zero attached hydrogens (tertiary/aromatic N) is 3. The molecule has 0 aliphatic carbocycles. The molecule has 4 rings (SSSR count). The van der Waals surface area contributed by atoms with Crippen LogP contribution in [0.2, 0.25) is 0 Å². The Morgan fingerprint density at radius 2 is 1.67 bits per heavy atom. The highest BCUT2D eigenvalue weighted by Gasteiger charge is 2.15.